The first kappa shape index (κ1) is 17.0. The van der Waals surface area contributed by atoms with Crippen LogP contribution in [0.2, 0.25) is 0 Å². The van der Waals surface area contributed by atoms with E-state index >= 15 is 0 Å². The van der Waals surface area contributed by atoms with E-state index in [1.54, 1.807) is 14.2 Å². The standard InChI is InChI=1S/C15H27N3O2/c1-15(12-16,11-14(19-3)20-4)18(2)10-7-13-5-8-17-9-6-13/h5-6,8-9,14H,7,10-12,16H2,1-4H3. The maximum absolute atomic E-state index is 5.97. The van der Waals surface area contributed by atoms with Crippen molar-refractivity contribution in [2.45, 2.75) is 31.6 Å². The third-order valence-electron chi connectivity index (χ3n) is 3.98. The fourth-order valence-electron chi connectivity index (χ4n) is 2.13. The Kier molecular flexibility index (Phi) is 7.09. The van der Waals surface area contributed by atoms with E-state index in [9.17, 15) is 0 Å². The molecule has 0 radical (unpaired) electrons. The Morgan fingerprint density at radius 1 is 1.30 bits per heavy atom. The topological polar surface area (TPSA) is 60.6 Å². The fourth-order valence-corrected chi connectivity index (χ4v) is 2.13. The third-order valence-corrected chi connectivity index (χ3v) is 3.98. The van der Waals surface area contributed by atoms with Gasteiger partial charge in [0.15, 0.2) is 6.29 Å². The first-order chi connectivity index (χ1) is 9.55. The summed E-state index contributed by atoms with van der Waals surface area (Å²) < 4.78 is 10.6. The molecule has 1 aromatic rings. The van der Waals surface area contributed by atoms with E-state index in [4.69, 9.17) is 15.2 Å². The summed E-state index contributed by atoms with van der Waals surface area (Å²) in [7, 11) is 5.40. The summed E-state index contributed by atoms with van der Waals surface area (Å²) in [5.74, 6) is 0. The molecule has 1 aromatic heterocycles. The second-order valence-electron chi connectivity index (χ2n) is 5.33. The number of methoxy groups -OCH3 is 2. The molecule has 0 bridgehead atoms. The second-order valence-corrected chi connectivity index (χ2v) is 5.33. The van der Waals surface area contributed by atoms with Gasteiger partial charge < -0.3 is 15.2 Å². The van der Waals surface area contributed by atoms with Gasteiger partial charge in [0.05, 0.1) is 0 Å². The number of nitrogens with two attached hydrogens (primary N) is 1. The minimum absolute atomic E-state index is 0.149. The van der Waals surface area contributed by atoms with Gasteiger partial charge >= 0.3 is 0 Å². The molecule has 20 heavy (non-hydrogen) atoms. The number of hydrogen-bond donors (Lipinski definition) is 1. The van der Waals surface area contributed by atoms with Crippen molar-refractivity contribution in [1.82, 2.24) is 9.88 Å². The molecule has 2 N–H and O–H groups in total. The predicted octanol–water partition coefficient (Wildman–Crippen LogP) is 1.28. The Labute approximate surface area is 122 Å². The number of aromatic nitrogens is 1. The van der Waals surface area contributed by atoms with Gasteiger partial charge in [0.1, 0.15) is 0 Å². The lowest BCUT2D eigenvalue weighted by Crippen LogP contribution is -2.52. The molecule has 0 aliphatic heterocycles. The first-order valence-corrected chi connectivity index (χ1v) is 6.91. The van der Waals surface area contributed by atoms with Crippen molar-refractivity contribution in [3.63, 3.8) is 0 Å². The minimum Gasteiger partial charge on any atom is -0.356 e. The number of likely N-dealkylation sites (N-methyl/N-ethyl adjacent to an activating group) is 1. The Morgan fingerprint density at radius 3 is 2.40 bits per heavy atom. The summed E-state index contributed by atoms with van der Waals surface area (Å²) in [6.45, 7) is 3.63. The van der Waals surface area contributed by atoms with Gasteiger partial charge in [-0.1, -0.05) is 0 Å². The van der Waals surface area contributed by atoms with E-state index < -0.39 is 0 Å². The van der Waals surface area contributed by atoms with Crippen LogP contribution in [0, 0.1) is 0 Å². The van der Waals surface area contributed by atoms with Crippen LogP contribution in [0.4, 0.5) is 0 Å². The van der Waals surface area contributed by atoms with Crippen LogP contribution in [0.3, 0.4) is 0 Å². The summed E-state index contributed by atoms with van der Waals surface area (Å²) in [6.07, 6.45) is 5.13. The third kappa shape index (κ3) is 4.83. The summed E-state index contributed by atoms with van der Waals surface area (Å²) >= 11 is 0. The van der Waals surface area contributed by atoms with Crippen LogP contribution < -0.4 is 5.73 Å². The largest absolute Gasteiger partial charge is 0.356 e. The van der Waals surface area contributed by atoms with Gasteiger partial charge in [-0.3, -0.25) is 9.88 Å². The highest BCUT2D eigenvalue weighted by molar-refractivity contribution is 5.10. The minimum atomic E-state index is -0.230. The van der Waals surface area contributed by atoms with Crippen LogP contribution in [0.25, 0.3) is 0 Å². The van der Waals surface area contributed by atoms with E-state index in [1.165, 1.54) is 5.56 Å². The average molecular weight is 281 g/mol. The molecule has 1 unspecified atom stereocenters. The molecule has 1 heterocycles. The van der Waals surface area contributed by atoms with E-state index in [0.717, 1.165) is 19.4 Å². The van der Waals surface area contributed by atoms with Crippen molar-refractivity contribution in [3.05, 3.63) is 30.1 Å². The quantitative estimate of drug-likeness (QED) is 0.691. The van der Waals surface area contributed by atoms with Crippen LogP contribution >= 0.6 is 0 Å². The number of nitrogens with zero attached hydrogens (tertiary/aromatic N) is 2. The SMILES string of the molecule is COC(CC(C)(CN)N(C)CCc1ccncc1)OC. The lowest BCUT2D eigenvalue weighted by atomic mass is 9.95. The zero-order chi connectivity index (χ0) is 15.0. The average Bonchev–Trinajstić information content (AvgIpc) is 2.50. The van der Waals surface area contributed by atoms with E-state index in [0.29, 0.717) is 6.54 Å². The van der Waals surface area contributed by atoms with Gasteiger partial charge in [0, 0.05) is 51.7 Å². The van der Waals surface area contributed by atoms with Crippen molar-refractivity contribution >= 4 is 0 Å². The smallest absolute Gasteiger partial charge is 0.158 e. The summed E-state index contributed by atoms with van der Waals surface area (Å²) in [4.78, 5) is 6.31. The van der Waals surface area contributed by atoms with Crippen LogP contribution in [0.5, 0.6) is 0 Å². The second kappa shape index (κ2) is 8.32. The Balaban J connectivity index is 2.59. The maximum Gasteiger partial charge on any atom is 0.158 e. The van der Waals surface area contributed by atoms with Crippen LogP contribution in [-0.4, -0.2) is 56.1 Å². The highest BCUT2D eigenvalue weighted by Gasteiger charge is 2.31. The van der Waals surface area contributed by atoms with E-state index in [2.05, 4.69) is 23.9 Å². The highest BCUT2D eigenvalue weighted by Crippen LogP contribution is 2.21. The zero-order valence-corrected chi connectivity index (χ0v) is 13.0. The van der Waals surface area contributed by atoms with Crippen molar-refractivity contribution in [2.24, 2.45) is 5.73 Å². The summed E-state index contributed by atoms with van der Waals surface area (Å²) in [5.41, 5.74) is 7.10. The molecule has 0 aliphatic carbocycles. The monoisotopic (exact) mass is 281 g/mol. The predicted molar refractivity (Wildman–Crippen MR) is 80.5 cm³/mol. The van der Waals surface area contributed by atoms with Gasteiger partial charge in [-0.25, -0.2) is 0 Å². The maximum atomic E-state index is 5.97. The van der Waals surface area contributed by atoms with Gasteiger partial charge in [-0.05, 0) is 38.1 Å². The fraction of sp³-hybridized carbons (Fsp3) is 0.667. The molecule has 0 amide bonds. The molecular formula is C15H27N3O2. The van der Waals surface area contributed by atoms with E-state index in [1.807, 2.05) is 24.5 Å². The molecule has 0 aliphatic rings. The molecule has 114 valence electrons. The number of pyridine rings is 1. The molecule has 5 heteroatoms. The van der Waals surface area contributed by atoms with Crippen molar-refractivity contribution in [3.8, 4) is 0 Å². The molecule has 0 fully saturated rings. The highest BCUT2D eigenvalue weighted by atomic mass is 16.7. The van der Waals surface area contributed by atoms with Gasteiger partial charge in [-0.2, -0.15) is 0 Å². The van der Waals surface area contributed by atoms with Crippen molar-refractivity contribution < 1.29 is 9.47 Å². The van der Waals surface area contributed by atoms with E-state index in [-0.39, 0.29) is 11.8 Å². The molecule has 0 saturated carbocycles. The molecular weight excluding hydrogens is 254 g/mol. The van der Waals surface area contributed by atoms with Gasteiger partial charge in [0.25, 0.3) is 0 Å². The number of rotatable bonds is 9. The van der Waals surface area contributed by atoms with Gasteiger partial charge in [0.2, 0.25) is 0 Å². The Bertz CT molecular complexity index is 371. The molecule has 0 saturated heterocycles. The molecule has 0 spiro atoms. The molecule has 5 nitrogen and oxygen atoms in total. The van der Waals surface area contributed by atoms with Crippen LogP contribution in [0.1, 0.15) is 18.9 Å². The molecule has 1 atom stereocenters. The summed E-state index contributed by atoms with van der Waals surface area (Å²) in [5, 5.41) is 0. The number of ether oxygens (including phenoxy) is 2. The number of hydrogen-bond acceptors (Lipinski definition) is 5. The van der Waals surface area contributed by atoms with Crippen molar-refractivity contribution in [1.29, 1.82) is 0 Å². The van der Waals surface area contributed by atoms with Crippen LogP contribution in [-0.2, 0) is 15.9 Å². The summed E-state index contributed by atoms with van der Waals surface area (Å²) in [6, 6.07) is 4.08. The Hall–Kier alpha value is -1.01. The first-order valence-electron chi connectivity index (χ1n) is 6.91. The Morgan fingerprint density at radius 2 is 1.90 bits per heavy atom. The van der Waals surface area contributed by atoms with Gasteiger partial charge in [-0.15, -0.1) is 0 Å². The lowest BCUT2D eigenvalue weighted by molar-refractivity contribution is -0.126. The lowest BCUT2D eigenvalue weighted by Gasteiger charge is -2.39. The zero-order valence-electron chi connectivity index (χ0n) is 13.0. The van der Waals surface area contributed by atoms with Crippen LogP contribution in [0.15, 0.2) is 24.5 Å². The normalized spacial score (nSPS) is 14.8. The molecule has 1 rings (SSSR count). The van der Waals surface area contributed by atoms with Crippen molar-refractivity contribution in [2.75, 3.05) is 34.4 Å². The molecule has 0 aromatic carbocycles.